The number of fused-ring (bicyclic) bond motifs is 1. The Labute approximate surface area is 202 Å². The number of hydrogen-bond acceptors (Lipinski definition) is 7. The normalized spacial score (nSPS) is 14.9. The topological polar surface area (TPSA) is 45.7 Å². The second kappa shape index (κ2) is 11.0. The number of para-hydroxylation sites is 1. The lowest BCUT2D eigenvalue weighted by Crippen LogP contribution is -2.43. The van der Waals surface area contributed by atoms with E-state index < -0.39 is 0 Å². The predicted molar refractivity (Wildman–Crippen MR) is 138 cm³/mol. The first kappa shape index (κ1) is 23.6. The van der Waals surface area contributed by atoms with Crippen molar-refractivity contribution >= 4 is 56.1 Å². The molecule has 1 aliphatic rings. The van der Waals surface area contributed by atoms with Crippen LogP contribution in [0.4, 0.5) is 5.13 Å². The van der Waals surface area contributed by atoms with Crippen molar-refractivity contribution in [2.45, 2.75) is 28.9 Å². The molecule has 1 aromatic heterocycles. The van der Waals surface area contributed by atoms with E-state index in [1.54, 1.807) is 34.9 Å². The number of rotatable bonds is 8. The Kier molecular flexibility index (Phi) is 8.12. The Hall–Kier alpha value is -1.58. The molecule has 1 aliphatic heterocycles. The molecule has 5 nitrogen and oxygen atoms in total. The minimum Gasteiger partial charge on any atom is -0.379 e. The third-order valence-corrected chi connectivity index (χ3v) is 8.11. The number of thioether (sulfide) groups is 2. The molecule has 4 rings (SSSR count). The van der Waals surface area contributed by atoms with Crippen LogP contribution in [0.3, 0.4) is 0 Å². The molecule has 170 valence electrons. The summed E-state index contributed by atoms with van der Waals surface area (Å²) in [6.45, 7) is 9.07. The number of carbonyl (C=O) groups excluding carboxylic acids is 1. The van der Waals surface area contributed by atoms with Gasteiger partial charge in [0.15, 0.2) is 5.13 Å². The van der Waals surface area contributed by atoms with Gasteiger partial charge in [-0.25, -0.2) is 4.98 Å². The van der Waals surface area contributed by atoms with E-state index in [0.29, 0.717) is 17.4 Å². The Bertz CT molecular complexity index is 1050. The van der Waals surface area contributed by atoms with Gasteiger partial charge in [0.05, 0.1) is 23.4 Å². The molecule has 0 N–H and O–H groups in total. The van der Waals surface area contributed by atoms with E-state index in [0.717, 1.165) is 53.1 Å². The number of thiazole rings is 1. The number of ether oxygens (including phenoxy) is 1. The van der Waals surface area contributed by atoms with Gasteiger partial charge in [0.25, 0.3) is 5.91 Å². The number of anilines is 1. The first-order valence-electron chi connectivity index (χ1n) is 10.9. The summed E-state index contributed by atoms with van der Waals surface area (Å²) in [5, 5.41) is 1.27. The molecule has 1 saturated heterocycles. The van der Waals surface area contributed by atoms with Gasteiger partial charge in [0.1, 0.15) is 0 Å². The zero-order chi connectivity index (χ0) is 22.5. The highest BCUT2D eigenvalue weighted by Crippen LogP contribution is 2.34. The van der Waals surface area contributed by atoms with Crippen LogP contribution >= 0.6 is 34.9 Å². The van der Waals surface area contributed by atoms with E-state index in [1.165, 1.54) is 4.90 Å². The van der Waals surface area contributed by atoms with E-state index >= 15 is 0 Å². The van der Waals surface area contributed by atoms with Gasteiger partial charge in [-0.3, -0.25) is 14.6 Å². The number of amides is 1. The molecule has 2 heterocycles. The second-order valence-corrected chi connectivity index (χ2v) is 11.4. The molecule has 2 aromatic carbocycles. The summed E-state index contributed by atoms with van der Waals surface area (Å²) in [5.74, 6) is 0.00381. The summed E-state index contributed by atoms with van der Waals surface area (Å²) >= 11 is 5.08. The fourth-order valence-corrected chi connectivity index (χ4v) is 6.13. The van der Waals surface area contributed by atoms with Crippen LogP contribution in [0.15, 0.2) is 52.3 Å². The van der Waals surface area contributed by atoms with Gasteiger partial charge in [0, 0.05) is 46.8 Å². The molecule has 0 spiro atoms. The lowest BCUT2D eigenvalue weighted by molar-refractivity contribution is 0.0391. The summed E-state index contributed by atoms with van der Waals surface area (Å²) in [6, 6.07) is 14.2. The van der Waals surface area contributed by atoms with Crippen molar-refractivity contribution in [3.63, 3.8) is 0 Å². The number of benzene rings is 2. The Morgan fingerprint density at radius 2 is 1.94 bits per heavy atom. The lowest BCUT2D eigenvalue weighted by atomic mass is 10.2. The van der Waals surface area contributed by atoms with Gasteiger partial charge < -0.3 is 4.74 Å². The van der Waals surface area contributed by atoms with Gasteiger partial charge in [-0.2, -0.15) is 0 Å². The van der Waals surface area contributed by atoms with Crippen LogP contribution in [0, 0.1) is 0 Å². The Morgan fingerprint density at radius 1 is 1.19 bits per heavy atom. The standard InChI is InChI=1S/C24H29N3O2S3/c1-17(2)31-19-9-7-18(8-10-19)23(28)27(12-11-26-13-15-29-16-14-26)24-25-22-20(30-3)5-4-6-21(22)32-24/h4-10,17H,11-16H2,1-3H3. The van der Waals surface area contributed by atoms with E-state index in [1.807, 2.05) is 29.2 Å². The molecule has 1 amide bonds. The molecular weight excluding hydrogens is 458 g/mol. The Morgan fingerprint density at radius 3 is 2.62 bits per heavy atom. The molecule has 0 unspecified atom stereocenters. The van der Waals surface area contributed by atoms with Crippen LogP contribution < -0.4 is 4.90 Å². The highest BCUT2D eigenvalue weighted by Gasteiger charge is 2.23. The van der Waals surface area contributed by atoms with Crippen molar-refractivity contribution in [3.05, 3.63) is 48.0 Å². The predicted octanol–water partition coefficient (Wildman–Crippen LogP) is 5.50. The van der Waals surface area contributed by atoms with E-state index in [4.69, 9.17) is 9.72 Å². The van der Waals surface area contributed by atoms with Crippen molar-refractivity contribution in [2.75, 3.05) is 50.5 Å². The van der Waals surface area contributed by atoms with Crippen LogP contribution in [0.5, 0.6) is 0 Å². The lowest BCUT2D eigenvalue weighted by Gasteiger charge is -2.29. The molecule has 3 aromatic rings. The van der Waals surface area contributed by atoms with Crippen molar-refractivity contribution in [3.8, 4) is 0 Å². The number of aromatic nitrogens is 1. The molecule has 0 bridgehead atoms. The van der Waals surface area contributed by atoms with Crippen molar-refractivity contribution in [2.24, 2.45) is 0 Å². The molecule has 0 aliphatic carbocycles. The number of nitrogens with zero attached hydrogens (tertiary/aromatic N) is 3. The maximum atomic E-state index is 13.6. The summed E-state index contributed by atoms with van der Waals surface area (Å²) in [5.41, 5.74) is 1.68. The third kappa shape index (κ3) is 5.66. The van der Waals surface area contributed by atoms with E-state index in [-0.39, 0.29) is 5.91 Å². The van der Waals surface area contributed by atoms with Gasteiger partial charge in [-0.15, -0.1) is 23.5 Å². The molecule has 0 radical (unpaired) electrons. The van der Waals surface area contributed by atoms with Crippen LogP contribution in [0.1, 0.15) is 24.2 Å². The van der Waals surface area contributed by atoms with Gasteiger partial charge >= 0.3 is 0 Å². The van der Waals surface area contributed by atoms with Crippen LogP contribution in [-0.2, 0) is 4.74 Å². The smallest absolute Gasteiger partial charge is 0.260 e. The third-order valence-electron chi connectivity index (χ3n) is 5.28. The van der Waals surface area contributed by atoms with E-state index in [2.05, 4.69) is 43.2 Å². The highest BCUT2D eigenvalue weighted by atomic mass is 32.2. The zero-order valence-electron chi connectivity index (χ0n) is 18.7. The first-order valence-corrected chi connectivity index (χ1v) is 13.8. The Balaban J connectivity index is 1.61. The molecule has 0 atom stereocenters. The van der Waals surface area contributed by atoms with Gasteiger partial charge in [0.2, 0.25) is 0 Å². The number of hydrogen-bond donors (Lipinski definition) is 0. The van der Waals surface area contributed by atoms with Crippen LogP contribution in [0.2, 0.25) is 0 Å². The van der Waals surface area contributed by atoms with E-state index in [9.17, 15) is 4.79 Å². The summed E-state index contributed by atoms with van der Waals surface area (Å²) in [4.78, 5) is 25.1. The minimum absolute atomic E-state index is 0.00381. The van der Waals surface area contributed by atoms with Crippen molar-refractivity contribution in [1.82, 2.24) is 9.88 Å². The maximum Gasteiger partial charge on any atom is 0.260 e. The monoisotopic (exact) mass is 487 g/mol. The molecular formula is C24H29N3O2S3. The average molecular weight is 488 g/mol. The number of morpholine rings is 1. The van der Waals surface area contributed by atoms with Crippen molar-refractivity contribution in [1.29, 1.82) is 0 Å². The van der Waals surface area contributed by atoms with Crippen LogP contribution in [0.25, 0.3) is 10.2 Å². The van der Waals surface area contributed by atoms with Crippen LogP contribution in [-0.4, -0.2) is 66.7 Å². The molecule has 0 saturated carbocycles. The largest absolute Gasteiger partial charge is 0.379 e. The van der Waals surface area contributed by atoms with Gasteiger partial charge in [-0.1, -0.05) is 31.3 Å². The minimum atomic E-state index is 0.00381. The maximum absolute atomic E-state index is 13.6. The molecule has 32 heavy (non-hydrogen) atoms. The highest BCUT2D eigenvalue weighted by molar-refractivity contribution is 8.00. The van der Waals surface area contributed by atoms with Crippen molar-refractivity contribution < 1.29 is 9.53 Å². The quantitative estimate of drug-likeness (QED) is 0.391. The summed E-state index contributed by atoms with van der Waals surface area (Å²) in [7, 11) is 0. The molecule has 8 heteroatoms. The van der Waals surface area contributed by atoms with Gasteiger partial charge in [-0.05, 0) is 42.7 Å². The summed E-state index contributed by atoms with van der Waals surface area (Å²) in [6.07, 6.45) is 2.06. The molecule has 1 fully saturated rings. The summed E-state index contributed by atoms with van der Waals surface area (Å²) < 4.78 is 6.59. The zero-order valence-corrected chi connectivity index (χ0v) is 21.2. The SMILES string of the molecule is CSc1cccc2sc(N(CCN3CCOCC3)C(=O)c3ccc(SC(C)C)cc3)nc12. The second-order valence-electron chi connectivity index (χ2n) is 7.91. The number of carbonyl (C=O) groups is 1. The fourth-order valence-electron chi connectivity index (χ4n) is 3.65. The average Bonchev–Trinajstić information content (AvgIpc) is 3.24. The first-order chi connectivity index (χ1) is 15.5. The fraction of sp³-hybridized carbons (Fsp3) is 0.417.